The van der Waals surface area contributed by atoms with E-state index in [4.69, 9.17) is 16.3 Å². The summed E-state index contributed by atoms with van der Waals surface area (Å²) in [5.74, 6) is -1.77. The number of nitro benzene ring substituents is 1. The minimum Gasteiger partial charge on any atom is -0.495 e. The molecule has 0 aliphatic heterocycles. The maximum Gasteiger partial charge on any atom is 0.314 e. The lowest BCUT2D eigenvalue weighted by atomic mass is 10.2. The fourth-order valence-electron chi connectivity index (χ4n) is 1.87. The smallest absolute Gasteiger partial charge is 0.314 e. The Morgan fingerprint density at radius 3 is 2.33 bits per heavy atom. The van der Waals surface area contributed by atoms with Crippen LogP contribution in [0.15, 0.2) is 42.5 Å². The number of hydrogen-bond donors (Lipinski definition) is 2. The van der Waals surface area contributed by atoms with Crippen molar-refractivity contribution < 1.29 is 19.2 Å². The number of rotatable bonds is 4. The van der Waals surface area contributed by atoms with E-state index >= 15 is 0 Å². The highest BCUT2D eigenvalue weighted by Gasteiger charge is 2.20. The molecule has 2 N–H and O–H groups in total. The van der Waals surface area contributed by atoms with Gasteiger partial charge in [-0.25, -0.2) is 0 Å². The third-order valence-corrected chi connectivity index (χ3v) is 3.20. The molecule has 0 aliphatic carbocycles. The summed E-state index contributed by atoms with van der Waals surface area (Å²) >= 11 is 5.84. The normalized spacial score (nSPS) is 9.92. The van der Waals surface area contributed by atoms with E-state index in [9.17, 15) is 19.7 Å². The van der Waals surface area contributed by atoms with Crippen molar-refractivity contribution in [2.24, 2.45) is 0 Å². The first-order chi connectivity index (χ1) is 11.4. The van der Waals surface area contributed by atoms with Crippen LogP contribution in [0.2, 0.25) is 5.02 Å². The Labute approximate surface area is 141 Å². The Balaban J connectivity index is 2.15. The number of ether oxygens (including phenoxy) is 1. The second-order valence-electron chi connectivity index (χ2n) is 4.53. The van der Waals surface area contributed by atoms with Gasteiger partial charge in [-0.05, 0) is 24.3 Å². The van der Waals surface area contributed by atoms with E-state index in [1.165, 1.54) is 43.5 Å². The molecule has 8 nitrogen and oxygen atoms in total. The number of carbonyl (C=O) groups excluding carboxylic acids is 2. The maximum atomic E-state index is 12.0. The van der Waals surface area contributed by atoms with E-state index in [1.54, 1.807) is 6.07 Å². The first kappa shape index (κ1) is 17.2. The van der Waals surface area contributed by atoms with Gasteiger partial charge in [-0.1, -0.05) is 23.7 Å². The number of nitrogens with zero attached hydrogens (tertiary/aromatic N) is 1. The molecule has 0 fully saturated rings. The molecule has 0 saturated carbocycles. The molecular formula is C15H12ClN3O5. The molecule has 0 spiro atoms. The SMILES string of the molecule is COc1ccc(Cl)cc1NC(=O)C(=O)Nc1ccccc1[N+](=O)[O-]. The second-order valence-corrected chi connectivity index (χ2v) is 4.96. The van der Waals surface area contributed by atoms with Crippen molar-refractivity contribution in [2.45, 2.75) is 0 Å². The second kappa shape index (κ2) is 7.42. The largest absolute Gasteiger partial charge is 0.495 e. The fourth-order valence-corrected chi connectivity index (χ4v) is 2.05. The van der Waals surface area contributed by atoms with E-state index in [1.807, 2.05) is 0 Å². The van der Waals surface area contributed by atoms with Crippen LogP contribution in [0.25, 0.3) is 0 Å². The molecule has 0 heterocycles. The van der Waals surface area contributed by atoms with Gasteiger partial charge in [0.2, 0.25) is 0 Å². The van der Waals surface area contributed by atoms with Crippen molar-refractivity contribution in [1.29, 1.82) is 0 Å². The quantitative estimate of drug-likeness (QED) is 0.501. The fraction of sp³-hybridized carbons (Fsp3) is 0.0667. The molecule has 0 bridgehead atoms. The van der Waals surface area contributed by atoms with Crippen LogP contribution in [0.5, 0.6) is 5.75 Å². The molecule has 0 aromatic heterocycles. The van der Waals surface area contributed by atoms with E-state index < -0.39 is 16.7 Å². The highest BCUT2D eigenvalue weighted by atomic mass is 35.5. The van der Waals surface area contributed by atoms with Gasteiger partial charge >= 0.3 is 11.8 Å². The molecule has 0 radical (unpaired) electrons. The first-order valence-electron chi connectivity index (χ1n) is 6.61. The summed E-state index contributed by atoms with van der Waals surface area (Å²) in [5, 5.41) is 15.8. The van der Waals surface area contributed by atoms with Crippen molar-refractivity contribution in [2.75, 3.05) is 17.7 Å². The van der Waals surface area contributed by atoms with Crippen molar-refractivity contribution in [3.05, 3.63) is 57.6 Å². The summed E-state index contributed by atoms with van der Waals surface area (Å²) in [6, 6.07) is 9.99. The predicted molar refractivity (Wildman–Crippen MR) is 88.4 cm³/mol. The number of anilines is 2. The monoisotopic (exact) mass is 349 g/mol. The molecule has 24 heavy (non-hydrogen) atoms. The van der Waals surface area contributed by atoms with Crippen LogP contribution in [0.1, 0.15) is 0 Å². The van der Waals surface area contributed by atoms with Gasteiger partial charge in [0.1, 0.15) is 11.4 Å². The van der Waals surface area contributed by atoms with Crippen LogP contribution >= 0.6 is 11.6 Å². The zero-order valence-electron chi connectivity index (χ0n) is 12.4. The number of nitro groups is 1. The molecule has 2 aromatic carbocycles. The van der Waals surface area contributed by atoms with Gasteiger partial charge in [-0.15, -0.1) is 0 Å². The standard InChI is InChI=1S/C15H12ClN3O5/c1-24-13-7-6-9(16)8-11(13)18-15(21)14(20)17-10-4-2-3-5-12(10)19(22)23/h2-8H,1H3,(H,17,20)(H,18,21). The van der Waals surface area contributed by atoms with Crippen LogP contribution in [0, 0.1) is 10.1 Å². The average Bonchev–Trinajstić information content (AvgIpc) is 2.55. The van der Waals surface area contributed by atoms with Gasteiger partial charge in [-0.2, -0.15) is 0 Å². The molecule has 0 atom stereocenters. The highest BCUT2D eigenvalue weighted by molar-refractivity contribution is 6.44. The number of nitrogens with one attached hydrogen (secondary N) is 2. The van der Waals surface area contributed by atoms with Gasteiger partial charge in [0.25, 0.3) is 5.69 Å². The topological polar surface area (TPSA) is 111 Å². The average molecular weight is 350 g/mol. The van der Waals surface area contributed by atoms with E-state index in [0.29, 0.717) is 10.8 Å². The van der Waals surface area contributed by atoms with Gasteiger partial charge in [0.05, 0.1) is 17.7 Å². The third-order valence-electron chi connectivity index (χ3n) is 2.96. The lowest BCUT2D eigenvalue weighted by Gasteiger charge is -2.10. The summed E-state index contributed by atoms with van der Waals surface area (Å²) in [7, 11) is 1.40. The van der Waals surface area contributed by atoms with Crippen molar-refractivity contribution in [3.63, 3.8) is 0 Å². The summed E-state index contributed by atoms with van der Waals surface area (Å²) < 4.78 is 5.06. The molecule has 9 heteroatoms. The van der Waals surface area contributed by atoms with Gasteiger partial charge in [-0.3, -0.25) is 19.7 Å². The number of carbonyl (C=O) groups is 2. The van der Waals surface area contributed by atoms with E-state index in [-0.39, 0.29) is 17.1 Å². The van der Waals surface area contributed by atoms with E-state index in [0.717, 1.165) is 0 Å². The molecule has 2 amide bonds. The Morgan fingerprint density at radius 2 is 1.71 bits per heavy atom. The summed E-state index contributed by atoms with van der Waals surface area (Å²) in [5.41, 5.74) is -0.201. The zero-order valence-corrected chi connectivity index (χ0v) is 13.2. The molecule has 124 valence electrons. The number of para-hydroxylation sites is 2. The predicted octanol–water partition coefficient (Wildman–Crippen LogP) is 2.83. The van der Waals surface area contributed by atoms with Crippen molar-refractivity contribution in [3.8, 4) is 5.75 Å². The lowest BCUT2D eigenvalue weighted by molar-refractivity contribution is -0.383. The summed E-state index contributed by atoms with van der Waals surface area (Å²) in [4.78, 5) is 34.2. The summed E-state index contributed by atoms with van der Waals surface area (Å²) in [6.45, 7) is 0. The molecule has 0 unspecified atom stereocenters. The van der Waals surface area contributed by atoms with Crippen LogP contribution < -0.4 is 15.4 Å². The van der Waals surface area contributed by atoms with E-state index in [2.05, 4.69) is 10.6 Å². The Bertz CT molecular complexity index is 809. The third kappa shape index (κ3) is 3.99. The lowest BCUT2D eigenvalue weighted by Crippen LogP contribution is -2.29. The van der Waals surface area contributed by atoms with Crippen LogP contribution in [0.4, 0.5) is 17.1 Å². The van der Waals surface area contributed by atoms with Crippen LogP contribution in [-0.2, 0) is 9.59 Å². The summed E-state index contributed by atoms with van der Waals surface area (Å²) in [6.07, 6.45) is 0. The van der Waals surface area contributed by atoms with Crippen LogP contribution in [0.3, 0.4) is 0 Å². The zero-order chi connectivity index (χ0) is 17.7. The minimum atomic E-state index is -1.06. The Hall–Kier alpha value is -3.13. The van der Waals surface area contributed by atoms with Gasteiger partial charge in [0, 0.05) is 11.1 Å². The Morgan fingerprint density at radius 1 is 1.08 bits per heavy atom. The maximum absolute atomic E-state index is 12.0. The number of halogens is 1. The van der Waals surface area contributed by atoms with Gasteiger partial charge < -0.3 is 15.4 Å². The number of hydrogen-bond acceptors (Lipinski definition) is 5. The first-order valence-corrected chi connectivity index (χ1v) is 6.99. The number of methoxy groups -OCH3 is 1. The van der Waals surface area contributed by atoms with Crippen LogP contribution in [-0.4, -0.2) is 23.8 Å². The molecule has 0 saturated heterocycles. The minimum absolute atomic E-state index is 0.0827. The Kier molecular flexibility index (Phi) is 5.33. The van der Waals surface area contributed by atoms with Crippen molar-refractivity contribution in [1.82, 2.24) is 0 Å². The van der Waals surface area contributed by atoms with Gasteiger partial charge in [0.15, 0.2) is 0 Å². The highest BCUT2D eigenvalue weighted by Crippen LogP contribution is 2.28. The number of amides is 2. The number of benzene rings is 2. The molecule has 0 aliphatic rings. The molecular weight excluding hydrogens is 338 g/mol. The van der Waals surface area contributed by atoms with Crippen molar-refractivity contribution >= 4 is 40.5 Å². The molecule has 2 aromatic rings. The molecule has 2 rings (SSSR count).